The molecule has 0 spiro atoms. The first-order valence-corrected chi connectivity index (χ1v) is 2.23. The molecule has 0 aliphatic rings. The van der Waals surface area contributed by atoms with E-state index in [4.69, 9.17) is 0 Å². The van der Waals surface area contributed by atoms with Gasteiger partial charge in [-0.3, -0.25) is 0 Å². The zero-order valence-corrected chi connectivity index (χ0v) is 5.10. The molecular formula is C4H8N2S. The highest BCUT2D eigenvalue weighted by Gasteiger charge is 1.70. The highest BCUT2D eigenvalue weighted by molar-refractivity contribution is 7.78. The Labute approximate surface area is 49.1 Å². The molecule has 0 amide bonds. The first-order valence-electron chi connectivity index (χ1n) is 1.83. The second kappa shape index (κ2) is 3.74. The third kappa shape index (κ3) is 5.56. The second-order valence-corrected chi connectivity index (χ2v) is 1.65. The summed E-state index contributed by atoms with van der Waals surface area (Å²) in [6.45, 7) is 3.37. The quantitative estimate of drug-likeness (QED) is 0.322. The average Bonchev–Trinajstić information content (AvgIpc) is 1.61. The molecule has 3 heteroatoms. The Morgan fingerprint density at radius 3 is 2.57 bits per heavy atom. The Morgan fingerprint density at radius 1 is 1.86 bits per heavy atom. The van der Waals surface area contributed by atoms with E-state index in [0.29, 0.717) is 0 Å². The molecule has 0 saturated heterocycles. The molecule has 0 bridgehead atoms. The highest BCUT2D eigenvalue weighted by atomic mass is 32.1. The van der Waals surface area contributed by atoms with Crippen LogP contribution in [0.1, 0.15) is 0 Å². The van der Waals surface area contributed by atoms with Gasteiger partial charge in [-0.15, -0.1) is 0 Å². The van der Waals surface area contributed by atoms with E-state index >= 15 is 0 Å². The molecule has 0 radical (unpaired) electrons. The van der Waals surface area contributed by atoms with Crippen molar-refractivity contribution in [3.05, 3.63) is 12.8 Å². The van der Waals surface area contributed by atoms with E-state index in [0.717, 1.165) is 0 Å². The number of nitrogens with zero attached hydrogens (tertiary/aromatic N) is 2. The largest absolute Gasteiger partial charge is 0.312 e. The maximum absolute atomic E-state index is 3.87. The minimum Gasteiger partial charge on any atom is -0.312 e. The summed E-state index contributed by atoms with van der Waals surface area (Å²) in [4.78, 5) is 3.66. The van der Waals surface area contributed by atoms with E-state index in [9.17, 15) is 0 Å². The van der Waals surface area contributed by atoms with Crippen LogP contribution in [-0.2, 0) is 0 Å². The van der Waals surface area contributed by atoms with Crippen LogP contribution in [0, 0.1) is 0 Å². The average molecular weight is 116 g/mol. The first-order chi connectivity index (χ1) is 3.27. The maximum atomic E-state index is 3.87. The molecule has 0 unspecified atom stereocenters. The van der Waals surface area contributed by atoms with Crippen LogP contribution in [0.3, 0.4) is 0 Å². The third-order valence-electron chi connectivity index (χ3n) is 0.339. The molecule has 0 saturated carbocycles. The predicted molar refractivity (Wildman–Crippen MR) is 35.4 cm³/mol. The van der Waals surface area contributed by atoms with Crippen molar-refractivity contribution in [2.45, 2.75) is 0 Å². The lowest BCUT2D eigenvalue weighted by Gasteiger charge is -1.96. The van der Waals surface area contributed by atoms with E-state index in [1.807, 2.05) is 0 Å². The van der Waals surface area contributed by atoms with E-state index in [1.54, 1.807) is 17.7 Å². The van der Waals surface area contributed by atoms with Gasteiger partial charge in [-0.25, -0.2) is 4.99 Å². The first kappa shape index (κ1) is 6.56. The number of hydrogen-bond donors (Lipinski definition) is 1. The molecule has 0 aromatic rings. The molecule has 0 heterocycles. The summed E-state index contributed by atoms with van der Waals surface area (Å²) in [7, 11) is 1.77. The van der Waals surface area contributed by atoms with Crippen molar-refractivity contribution in [2.75, 3.05) is 7.05 Å². The van der Waals surface area contributed by atoms with Gasteiger partial charge in [-0.2, -0.15) is 0 Å². The Bertz CT molecular complexity index is 77.8. The Morgan fingerprint density at radius 2 is 2.43 bits per heavy atom. The molecule has 0 aliphatic heterocycles. The number of hydrogen-bond acceptors (Lipinski definition) is 2. The lowest BCUT2D eigenvalue weighted by atomic mass is 11.0. The van der Waals surface area contributed by atoms with Crippen molar-refractivity contribution >= 4 is 19.2 Å². The molecule has 0 aliphatic carbocycles. The summed E-state index contributed by atoms with van der Waals surface area (Å²) >= 11 is 3.87. The van der Waals surface area contributed by atoms with E-state index in [1.165, 1.54) is 6.20 Å². The van der Waals surface area contributed by atoms with Gasteiger partial charge in [0.2, 0.25) is 0 Å². The standard InChI is InChI=1S/C4H8N2S/c1-3-5-4-6(2)7/h3-4,7H,1H2,2H3/b5-4-. The summed E-state index contributed by atoms with van der Waals surface area (Å²) in [5, 5.41) is 0. The lowest BCUT2D eigenvalue weighted by Crippen LogP contribution is -1.98. The van der Waals surface area contributed by atoms with Gasteiger partial charge in [0, 0.05) is 13.2 Å². The smallest absolute Gasteiger partial charge is 0.0999 e. The summed E-state index contributed by atoms with van der Waals surface area (Å²) in [6, 6.07) is 0. The van der Waals surface area contributed by atoms with Crippen molar-refractivity contribution in [2.24, 2.45) is 4.99 Å². The monoisotopic (exact) mass is 116 g/mol. The molecule has 0 aromatic carbocycles. The van der Waals surface area contributed by atoms with Crippen LogP contribution in [0.25, 0.3) is 0 Å². The van der Waals surface area contributed by atoms with Gasteiger partial charge in [0.1, 0.15) is 0 Å². The van der Waals surface area contributed by atoms with Gasteiger partial charge in [-0.1, -0.05) is 19.4 Å². The van der Waals surface area contributed by atoms with Crippen LogP contribution in [0.15, 0.2) is 17.8 Å². The van der Waals surface area contributed by atoms with Gasteiger partial charge >= 0.3 is 0 Å². The van der Waals surface area contributed by atoms with Gasteiger partial charge in [0.15, 0.2) is 0 Å². The van der Waals surface area contributed by atoms with Crippen LogP contribution in [-0.4, -0.2) is 17.7 Å². The zero-order valence-electron chi connectivity index (χ0n) is 4.20. The molecule has 0 aromatic heterocycles. The molecule has 0 atom stereocenters. The second-order valence-electron chi connectivity index (χ2n) is 1.02. The Kier molecular flexibility index (Phi) is 3.50. The fourth-order valence-corrected chi connectivity index (χ4v) is 0.203. The Balaban J connectivity index is 3.25. The number of thiol groups is 1. The van der Waals surface area contributed by atoms with Gasteiger partial charge in [0.25, 0.3) is 0 Å². The van der Waals surface area contributed by atoms with Gasteiger partial charge < -0.3 is 4.31 Å². The van der Waals surface area contributed by atoms with Crippen molar-refractivity contribution in [3.63, 3.8) is 0 Å². The topological polar surface area (TPSA) is 15.6 Å². The summed E-state index contributed by atoms with van der Waals surface area (Å²) in [6.07, 6.45) is 3.00. The predicted octanol–water partition coefficient (Wildman–Crippen LogP) is 0.935. The SMILES string of the molecule is C=C/N=C\N(C)S. The third-order valence-corrected chi connectivity index (χ3v) is 0.442. The van der Waals surface area contributed by atoms with Gasteiger partial charge in [-0.05, 0) is 0 Å². The van der Waals surface area contributed by atoms with Crippen LogP contribution >= 0.6 is 12.8 Å². The summed E-state index contributed by atoms with van der Waals surface area (Å²) < 4.78 is 1.54. The van der Waals surface area contributed by atoms with E-state index < -0.39 is 0 Å². The zero-order chi connectivity index (χ0) is 5.70. The summed E-state index contributed by atoms with van der Waals surface area (Å²) in [5.41, 5.74) is 0. The molecule has 40 valence electrons. The van der Waals surface area contributed by atoms with Gasteiger partial charge in [0.05, 0.1) is 6.34 Å². The molecule has 0 N–H and O–H groups in total. The van der Waals surface area contributed by atoms with Crippen molar-refractivity contribution in [1.82, 2.24) is 4.31 Å². The molecule has 0 rings (SSSR count). The minimum atomic E-state index is 1.45. The lowest BCUT2D eigenvalue weighted by molar-refractivity contribution is 0.884. The fraction of sp³-hybridized carbons (Fsp3) is 0.250. The van der Waals surface area contributed by atoms with E-state index in [-0.39, 0.29) is 0 Å². The normalized spacial score (nSPS) is 9.43. The van der Waals surface area contributed by atoms with E-state index in [2.05, 4.69) is 24.4 Å². The number of rotatable bonds is 2. The Hall–Kier alpha value is -0.440. The summed E-state index contributed by atoms with van der Waals surface area (Å²) in [5.74, 6) is 0. The van der Waals surface area contributed by atoms with Crippen molar-refractivity contribution in [1.29, 1.82) is 0 Å². The van der Waals surface area contributed by atoms with Crippen molar-refractivity contribution < 1.29 is 0 Å². The minimum absolute atomic E-state index is 1.45. The van der Waals surface area contributed by atoms with Crippen LogP contribution < -0.4 is 0 Å². The number of aliphatic imine (C=N–C) groups is 1. The maximum Gasteiger partial charge on any atom is 0.0999 e. The molecular weight excluding hydrogens is 108 g/mol. The van der Waals surface area contributed by atoms with Crippen LogP contribution in [0.4, 0.5) is 0 Å². The fourth-order valence-electron chi connectivity index (χ4n) is 0.144. The van der Waals surface area contributed by atoms with Crippen LogP contribution in [0.2, 0.25) is 0 Å². The van der Waals surface area contributed by atoms with Crippen LogP contribution in [0.5, 0.6) is 0 Å². The molecule has 2 nitrogen and oxygen atoms in total. The molecule has 7 heavy (non-hydrogen) atoms. The van der Waals surface area contributed by atoms with Crippen molar-refractivity contribution in [3.8, 4) is 0 Å². The highest BCUT2D eigenvalue weighted by Crippen LogP contribution is 1.77. The molecule has 0 fully saturated rings.